The summed E-state index contributed by atoms with van der Waals surface area (Å²) in [6.45, 7) is 2.21. The Balaban J connectivity index is 1.49. The highest BCUT2D eigenvalue weighted by molar-refractivity contribution is 6.30. The lowest BCUT2D eigenvalue weighted by Crippen LogP contribution is -2.63. The molecule has 2 aliphatic rings. The maximum absolute atomic E-state index is 13.0. The molecule has 1 saturated carbocycles. The molecular formula is C22H26ClN5O3. The molecule has 31 heavy (non-hydrogen) atoms. The number of nitrogens with zero attached hydrogens (tertiary/aromatic N) is 3. The third kappa shape index (κ3) is 4.17. The molecule has 1 aliphatic carbocycles. The summed E-state index contributed by atoms with van der Waals surface area (Å²) in [5.41, 5.74) is 0.213. The van der Waals surface area contributed by atoms with Crippen LogP contribution in [0.2, 0.25) is 5.02 Å². The number of carbonyl (C=O) groups is 3. The molecule has 4 rings (SSSR count). The van der Waals surface area contributed by atoms with Crippen LogP contribution in [0.1, 0.15) is 59.1 Å². The van der Waals surface area contributed by atoms with E-state index < -0.39 is 11.4 Å². The second-order valence-electron chi connectivity index (χ2n) is 8.48. The fourth-order valence-corrected chi connectivity index (χ4v) is 4.38. The standard InChI is InChI=1S/C22H26ClN5O3/c1-22(21(31)25-16-8-3-4-9-16)13-28-18(20(30)27(22)2)11-17(26-28)19(29)24-12-14-6-5-7-15(23)10-14/h5-7,10-11,16H,3-4,8-9,12-13H2,1-2H3,(H,24,29)(H,25,31)/t22-/m0/s1. The van der Waals surface area contributed by atoms with Crippen molar-refractivity contribution in [3.63, 3.8) is 0 Å². The van der Waals surface area contributed by atoms with Crippen LogP contribution in [0.15, 0.2) is 30.3 Å². The van der Waals surface area contributed by atoms with E-state index in [0.717, 1.165) is 31.2 Å². The highest BCUT2D eigenvalue weighted by Gasteiger charge is 2.46. The monoisotopic (exact) mass is 443 g/mol. The minimum Gasteiger partial charge on any atom is -0.351 e. The topological polar surface area (TPSA) is 96.3 Å². The lowest BCUT2D eigenvalue weighted by molar-refractivity contribution is -0.133. The van der Waals surface area contributed by atoms with Crippen LogP contribution in [-0.2, 0) is 17.9 Å². The van der Waals surface area contributed by atoms with E-state index in [9.17, 15) is 14.4 Å². The van der Waals surface area contributed by atoms with Crippen LogP contribution in [0.25, 0.3) is 0 Å². The van der Waals surface area contributed by atoms with Gasteiger partial charge in [-0.1, -0.05) is 36.6 Å². The van der Waals surface area contributed by atoms with Gasteiger partial charge < -0.3 is 15.5 Å². The van der Waals surface area contributed by atoms with Crippen molar-refractivity contribution >= 4 is 29.3 Å². The molecule has 2 N–H and O–H groups in total. The quantitative estimate of drug-likeness (QED) is 0.741. The summed E-state index contributed by atoms with van der Waals surface area (Å²) in [4.78, 5) is 40.1. The number of hydrogen-bond donors (Lipinski definition) is 2. The molecule has 9 heteroatoms. The summed E-state index contributed by atoms with van der Waals surface area (Å²) >= 11 is 5.98. The zero-order valence-corrected chi connectivity index (χ0v) is 18.4. The number of benzene rings is 1. The highest BCUT2D eigenvalue weighted by atomic mass is 35.5. The van der Waals surface area contributed by atoms with Crippen molar-refractivity contribution < 1.29 is 14.4 Å². The van der Waals surface area contributed by atoms with Crippen molar-refractivity contribution in [1.29, 1.82) is 0 Å². The molecule has 2 heterocycles. The molecule has 8 nitrogen and oxygen atoms in total. The van der Waals surface area contributed by atoms with Gasteiger partial charge in [0.25, 0.3) is 11.8 Å². The summed E-state index contributed by atoms with van der Waals surface area (Å²) in [6, 6.07) is 8.83. The van der Waals surface area contributed by atoms with Crippen LogP contribution >= 0.6 is 11.6 Å². The Morgan fingerprint density at radius 2 is 2.00 bits per heavy atom. The Morgan fingerprint density at radius 3 is 2.71 bits per heavy atom. The van der Waals surface area contributed by atoms with Gasteiger partial charge in [0.05, 0.1) is 6.54 Å². The molecule has 1 aromatic carbocycles. The van der Waals surface area contributed by atoms with E-state index >= 15 is 0 Å². The predicted octanol–water partition coefficient (Wildman–Crippen LogP) is 2.37. The number of carbonyl (C=O) groups excluding carboxylic acids is 3. The number of fused-ring (bicyclic) bond motifs is 1. The average Bonchev–Trinajstić information content (AvgIpc) is 3.40. The molecular weight excluding hydrogens is 418 g/mol. The van der Waals surface area contributed by atoms with Gasteiger partial charge in [0.15, 0.2) is 5.69 Å². The summed E-state index contributed by atoms with van der Waals surface area (Å²) in [6.07, 6.45) is 4.13. The van der Waals surface area contributed by atoms with Gasteiger partial charge in [-0.2, -0.15) is 5.10 Å². The zero-order chi connectivity index (χ0) is 22.2. The van der Waals surface area contributed by atoms with Crippen molar-refractivity contribution in [2.75, 3.05) is 7.05 Å². The highest BCUT2D eigenvalue weighted by Crippen LogP contribution is 2.27. The lowest BCUT2D eigenvalue weighted by Gasteiger charge is -2.41. The zero-order valence-electron chi connectivity index (χ0n) is 17.7. The molecule has 0 bridgehead atoms. The summed E-state index contributed by atoms with van der Waals surface area (Å²) < 4.78 is 1.46. The number of aromatic nitrogens is 2. The number of amides is 3. The maximum atomic E-state index is 13.0. The molecule has 1 aliphatic heterocycles. The first-order valence-electron chi connectivity index (χ1n) is 10.5. The van der Waals surface area contributed by atoms with Gasteiger partial charge in [-0.3, -0.25) is 19.1 Å². The second-order valence-corrected chi connectivity index (χ2v) is 8.91. The Kier molecular flexibility index (Phi) is 5.75. The molecule has 3 amide bonds. The summed E-state index contributed by atoms with van der Waals surface area (Å²) in [5, 5.41) is 10.8. The van der Waals surface area contributed by atoms with Crippen molar-refractivity contribution in [3.05, 3.63) is 52.3 Å². The van der Waals surface area contributed by atoms with Crippen LogP contribution in [0.3, 0.4) is 0 Å². The van der Waals surface area contributed by atoms with Gasteiger partial charge >= 0.3 is 0 Å². The van der Waals surface area contributed by atoms with E-state index in [0.29, 0.717) is 10.7 Å². The number of hydrogen-bond acceptors (Lipinski definition) is 4. The van der Waals surface area contributed by atoms with Gasteiger partial charge in [0.1, 0.15) is 11.2 Å². The van der Waals surface area contributed by atoms with Gasteiger partial charge in [-0.15, -0.1) is 0 Å². The third-order valence-electron chi connectivity index (χ3n) is 6.26. The first kappa shape index (κ1) is 21.4. The van der Waals surface area contributed by atoms with Gasteiger partial charge in [-0.25, -0.2) is 0 Å². The molecule has 1 atom stereocenters. The van der Waals surface area contributed by atoms with Crippen LogP contribution in [0.5, 0.6) is 0 Å². The fourth-order valence-electron chi connectivity index (χ4n) is 4.17. The minimum atomic E-state index is -1.08. The van der Waals surface area contributed by atoms with E-state index in [-0.39, 0.29) is 36.6 Å². The molecule has 0 spiro atoms. The number of halogens is 1. The smallest absolute Gasteiger partial charge is 0.272 e. The predicted molar refractivity (Wildman–Crippen MR) is 116 cm³/mol. The third-order valence-corrected chi connectivity index (χ3v) is 6.49. The van der Waals surface area contributed by atoms with Gasteiger partial charge in [0, 0.05) is 30.7 Å². The van der Waals surface area contributed by atoms with E-state index in [1.165, 1.54) is 15.6 Å². The first-order valence-corrected chi connectivity index (χ1v) is 10.9. The SMILES string of the molecule is CN1C(=O)c2cc(C(=O)NCc3cccc(Cl)c3)nn2C[C@@]1(C)C(=O)NC1CCCC1. The van der Waals surface area contributed by atoms with Crippen LogP contribution in [0, 0.1) is 0 Å². The summed E-state index contributed by atoms with van der Waals surface area (Å²) in [7, 11) is 1.62. The number of nitrogens with one attached hydrogen (secondary N) is 2. The largest absolute Gasteiger partial charge is 0.351 e. The summed E-state index contributed by atoms with van der Waals surface area (Å²) in [5.74, 6) is -0.922. The molecule has 0 radical (unpaired) electrons. The molecule has 0 unspecified atom stereocenters. The van der Waals surface area contributed by atoms with Crippen molar-refractivity contribution in [3.8, 4) is 0 Å². The molecule has 164 valence electrons. The van der Waals surface area contributed by atoms with Crippen molar-refractivity contribution in [2.45, 2.75) is 57.3 Å². The molecule has 0 saturated heterocycles. The second kappa shape index (κ2) is 8.34. The Labute approximate surface area is 185 Å². The molecule has 1 aromatic heterocycles. The number of rotatable bonds is 5. The molecule has 1 fully saturated rings. The minimum absolute atomic E-state index is 0.138. The Morgan fingerprint density at radius 1 is 1.26 bits per heavy atom. The van der Waals surface area contributed by atoms with E-state index in [4.69, 9.17) is 11.6 Å². The average molecular weight is 444 g/mol. The Bertz CT molecular complexity index is 1030. The fraction of sp³-hybridized carbons (Fsp3) is 0.455. The van der Waals surface area contributed by atoms with Crippen molar-refractivity contribution in [2.24, 2.45) is 0 Å². The van der Waals surface area contributed by atoms with Crippen LogP contribution in [0.4, 0.5) is 0 Å². The maximum Gasteiger partial charge on any atom is 0.272 e. The first-order chi connectivity index (χ1) is 14.8. The van der Waals surface area contributed by atoms with E-state index in [2.05, 4.69) is 15.7 Å². The van der Waals surface area contributed by atoms with Crippen molar-refractivity contribution in [1.82, 2.24) is 25.3 Å². The molecule has 2 aromatic rings. The number of likely N-dealkylation sites (N-methyl/N-ethyl adjacent to an activating group) is 1. The van der Waals surface area contributed by atoms with E-state index in [1.807, 2.05) is 12.1 Å². The van der Waals surface area contributed by atoms with E-state index in [1.54, 1.807) is 26.1 Å². The van der Waals surface area contributed by atoms with Crippen LogP contribution in [-0.4, -0.2) is 51.0 Å². The van der Waals surface area contributed by atoms with Gasteiger partial charge in [-0.05, 0) is 37.5 Å². The van der Waals surface area contributed by atoms with Gasteiger partial charge in [0.2, 0.25) is 5.91 Å². The Hall–Kier alpha value is -2.87. The normalized spacial score (nSPS) is 21.1. The van der Waals surface area contributed by atoms with Crippen LogP contribution < -0.4 is 10.6 Å². The lowest BCUT2D eigenvalue weighted by atomic mass is 9.95.